The lowest BCUT2D eigenvalue weighted by Gasteiger charge is -2.03. The van der Waals surface area contributed by atoms with Gasteiger partial charge in [-0.25, -0.2) is 9.78 Å². The molecule has 2 heterocycles. The van der Waals surface area contributed by atoms with Crippen LogP contribution in [0.25, 0.3) is 5.65 Å². The van der Waals surface area contributed by atoms with Gasteiger partial charge in [0.1, 0.15) is 13.5 Å². The number of pyridine rings is 1. The number of aryl methyl sites for hydroxylation is 1. The third-order valence-corrected chi connectivity index (χ3v) is 2.41. The standard InChI is InChI=1S/C11H13BN2O2/c1-3-16-11(15)10-7(2)13-9-5-4-8(12)6-14(9)10/h4-6H,3,12H2,1-2H3. The zero-order valence-corrected chi connectivity index (χ0v) is 9.65. The molecule has 4 nitrogen and oxygen atoms in total. The van der Waals surface area contributed by atoms with Gasteiger partial charge in [0.25, 0.3) is 0 Å². The minimum Gasteiger partial charge on any atom is -0.461 e. The molecular weight excluding hydrogens is 203 g/mol. The lowest BCUT2D eigenvalue weighted by atomic mass is 9.99. The summed E-state index contributed by atoms with van der Waals surface area (Å²) >= 11 is 0. The highest BCUT2D eigenvalue weighted by Gasteiger charge is 2.17. The largest absolute Gasteiger partial charge is 0.461 e. The molecule has 2 rings (SSSR count). The third kappa shape index (κ3) is 1.69. The van der Waals surface area contributed by atoms with E-state index < -0.39 is 0 Å². The highest BCUT2D eigenvalue weighted by molar-refractivity contribution is 6.32. The molecule has 0 saturated carbocycles. The normalized spacial score (nSPS) is 10.6. The summed E-state index contributed by atoms with van der Waals surface area (Å²) in [5, 5.41) is 0. The van der Waals surface area contributed by atoms with E-state index in [2.05, 4.69) is 4.98 Å². The van der Waals surface area contributed by atoms with Crippen LogP contribution in [0.3, 0.4) is 0 Å². The molecule has 2 aromatic rings. The van der Waals surface area contributed by atoms with Crippen LogP contribution in [0, 0.1) is 6.92 Å². The molecule has 5 heteroatoms. The molecule has 0 saturated heterocycles. The minimum atomic E-state index is -0.321. The van der Waals surface area contributed by atoms with Gasteiger partial charge in [-0.15, -0.1) is 0 Å². The quantitative estimate of drug-likeness (QED) is 0.527. The Morgan fingerprint density at radius 3 is 3.00 bits per heavy atom. The molecule has 0 radical (unpaired) electrons. The van der Waals surface area contributed by atoms with Crippen molar-refractivity contribution in [2.45, 2.75) is 13.8 Å². The number of rotatable bonds is 2. The Hall–Kier alpha value is -1.78. The average molecular weight is 216 g/mol. The number of carbonyl (C=O) groups is 1. The molecule has 16 heavy (non-hydrogen) atoms. The van der Waals surface area contributed by atoms with Gasteiger partial charge in [0.05, 0.1) is 12.3 Å². The van der Waals surface area contributed by atoms with Gasteiger partial charge in [-0.2, -0.15) is 0 Å². The maximum atomic E-state index is 11.8. The third-order valence-electron chi connectivity index (χ3n) is 2.41. The SMILES string of the molecule is Bc1ccc2nc(C)c(C(=O)OCC)n2c1. The Kier molecular flexibility index (Phi) is 2.68. The van der Waals surface area contributed by atoms with Crippen LogP contribution in [-0.4, -0.2) is 29.8 Å². The Morgan fingerprint density at radius 1 is 1.56 bits per heavy atom. The number of imidazole rings is 1. The van der Waals surface area contributed by atoms with Gasteiger partial charge in [-0.1, -0.05) is 11.5 Å². The van der Waals surface area contributed by atoms with E-state index in [1.807, 2.05) is 33.1 Å². The van der Waals surface area contributed by atoms with Crippen LogP contribution < -0.4 is 5.46 Å². The molecule has 0 N–H and O–H groups in total. The molecule has 0 aliphatic rings. The van der Waals surface area contributed by atoms with Gasteiger partial charge in [0.2, 0.25) is 0 Å². The van der Waals surface area contributed by atoms with E-state index in [1.54, 1.807) is 11.3 Å². The van der Waals surface area contributed by atoms with E-state index >= 15 is 0 Å². The molecule has 0 aliphatic heterocycles. The van der Waals surface area contributed by atoms with Crippen LogP contribution in [0.5, 0.6) is 0 Å². The highest BCUT2D eigenvalue weighted by atomic mass is 16.5. The molecule has 0 atom stereocenters. The number of aromatic nitrogens is 2. The van der Waals surface area contributed by atoms with Crippen molar-refractivity contribution in [1.82, 2.24) is 9.38 Å². The topological polar surface area (TPSA) is 43.6 Å². The Labute approximate surface area is 94.7 Å². The summed E-state index contributed by atoms with van der Waals surface area (Å²) in [4.78, 5) is 16.1. The Morgan fingerprint density at radius 2 is 2.31 bits per heavy atom. The van der Waals surface area contributed by atoms with Gasteiger partial charge in [0.15, 0.2) is 5.69 Å². The van der Waals surface area contributed by atoms with E-state index in [1.165, 1.54) is 0 Å². The van der Waals surface area contributed by atoms with Crippen molar-refractivity contribution < 1.29 is 9.53 Å². The van der Waals surface area contributed by atoms with Crippen molar-refractivity contribution in [3.8, 4) is 0 Å². The maximum absolute atomic E-state index is 11.8. The first-order valence-electron chi connectivity index (χ1n) is 5.26. The lowest BCUT2D eigenvalue weighted by molar-refractivity contribution is 0.0517. The molecule has 2 aromatic heterocycles. The summed E-state index contributed by atoms with van der Waals surface area (Å²) in [5.41, 5.74) is 3.06. The van der Waals surface area contributed by atoms with E-state index in [0.717, 1.165) is 11.1 Å². The van der Waals surface area contributed by atoms with Gasteiger partial charge < -0.3 is 4.74 Å². The van der Waals surface area contributed by atoms with Gasteiger partial charge in [-0.3, -0.25) is 4.40 Å². The second-order valence-corrected chi connectivity index (χ2v) is 3.70. The predicted octanol–water partition coefficient (Wildman–Crippen LogP) is 0.0778. The molecule has 0 unspecified atom stereocenters. The molecule has 82 valence electrons. The van der Waals surface area contributed by atoms with Crippen LogP contribution in [-0.2, 0) is 4.74 Å². The summed E-state index contributed by atoms with van der Waals surface area (Å²) in [5.74, 6) is -0.321. The molecular formula is C11H13BN2O2. The van der Waals surface area contributed by atoms with Crippen molar-refractivity contribution in [1.29, 1.82) is 0 Å². The van der Waals surface area contributed by atoms with Crippen LogP contribution >= 0.6 is 0 Å². The Bertz CT molecular complexity index is 548. The second kappa shape index (κ2) is 4.00. The second-order valence-electron chi connectivity index (χ2n) is 3.70. The van der Waals surface area contributed by atoms with E-state index in [9.17, 15) is 4.79 Å². The monoisotopic (exact) mass is 216 g/mol. The van der Waals surface area contributed by atoms with Crippen LogP contribution in [0.4, 0.5) is 0 Å². The highest BCUT2D eigenvalue weighted by Crippen LogP contribution is 2.12. The molecule has 0 aromatic carbocycles. The maximum Gasteiger partial charge on any atom is 0.357 e. The zero-order valence-electron chi connectivity index (χ0n) is 9.65. The van der Waals surface area contributed by atoms with Crippen molar-refractivity contribution >= 4 is 24.9 Å². The first-order valence-corrected chi connectivity index (χ1v) is 5.26. The first-order chi connectivity index (χ1) is 7.63. The Balaban J connectivity index is 2.62. The number of fused-ring (bicyclic) bond motifs is 1. The van der Waals surface area contributed by atoms with Crippen molar-refractivity contribution in [3.05, 3.63) is 29.7 Å². The summed E-state index contributed by atoms with van der Waals surface area (Å²) < 4.78 is 6.80. The van der Waals surface area contributed by atoms with Crippen LogP contribution in [0.2, 0.25) is 0 Å². The average Bonchev–Trinajstić information content (AvgIpc) is 2.53. The lowest BCUT2D eigenvalue weighted by Crippen LogP contribution is -2.12. The van der Waals surface area contributed by atoms with E-state index in [4.69, 9.17) is 4.74 Å². The number of nitrogens with zero attached hydrogens (tertiary/aromatic N) is 2. The molecule has 0 amide bonds. The summed E-state index contributed by atoms with van der Waals surface area (Å²) in [6.07, 6.45) is 1.89. The van der Waals surface area contributed by atoms with E-state index in [-0.39, 0.29) is 5.97 Å². The number of hydrogen-bond donors (Lipinski definition) is 0. The summed E-state index contributed by atoms with van der Waals surface area (Å²) in [7, 11) is 1.98. The van der Waals surface area contributed by atoms with Crippen molar-refractivity contribution in [3.63, 3.8) is 0 Å². The van der Waals surface area contributed by atoms with E-state index in [0.29, 0.717) is 18.0 Å². The number of esters is 1. The van der Waals surface area contributed by atoms with Gasteiger partial charge in [0, 0.05) is 6.20 Å². The summed E-state index contributed by atoms with van der Waals surface area (Å²) in [6.45, 7) is 3.98. The summed E-state index contributed by atoms with van der Waals surface area (Å²) in [6, 6.07) is 3.86. The molecule has 0 fully saturated rings. The molecule has 0 aliphatic carbocycles. The number of carbonyl (C=O) groups excluding carboxylic acids is 1. The minimum absolute atomic E-state index is 0.321. The predicted molar refractivity (Wildman–Crippen MR) is 64.1 cm³/mol. The number of hydrogen-bond acceptors (Lipinski definition) is 3. The molecule has 0 spiro atoms. The van der Waals surface area contributed by atoms with Crippen LogP contribution in [0.15, 0.2) is 18.3 Å². The van der Waals surface area contributed by atoms with Crippen molar-refractivity contribution in [2.75, 3.05) is 6.61 Å². The fourth-order valence-corrected chi connectivity index (χ4v) is 1.71. The smallest absolute Gasteiger partial charge is 0.357 e. The first kappa shape index (κ1) is 10.7. The fraction of sp³-hybridized carbons (Fsp3) is 0.273. The van der Waals surface area contributed by atoms with Crippen molar-refractivity contribution in [2.24, 2.45) is 0 Å². The van der Waals surface area contributed by atoms with Gasteiger partial charge >= 0.3 is 5.97 Å². The number of ether oxygens (including phenoxy) is 1. The fourth-order valence-electron chi connectivity index (χ4n) is 1.71. The molecule has 0 bridgehead atoms. The van der Waals surface area contributed by atoms with Crippen LogP contribution in [0.1, 0.15) is 23.1 Å². The zero-order chi connectivity index (χ0) is 11.7. The van der Waals surface area contributed by atoms with Gasteiger partial charge in [-0.05, 0) is 19.9 Å².